The van der Waals surface area contributed by atoms with Gasteiger partial charge >= 0.3 is 0 Å². The normalized spacial score (nSPS) is 20.0. The number of imidazole rings is 1. The Balaban J connectivity index is 1.58. The van der Waals surface area contributed by atoms with Gasteiger partial charge in [0, 0.05) is 32.3 Å². The average Bonchev–Trinajstić information content (AvgIpc) is 3.35. The molecular formula is C21H21F2N3O3S. The fourth-order valence-electron chi connectivity index (χ4n) is 3.57. The Morgan fingerprint density at radius 1 is 1.03 bits per heavy atom. The van der Waals surface area contributed by atoms with Crippen LogP contribution in [0.1, 0.15) is 17.0 Å². The fourth-order valence-corrected chi connectivity index (χ4v) is 5.02. The SMILES string of the molecule is Cn1cnc(S(=O)(=O)N2C[C@@H](OCc3ccc(F)cc3)[C@H](c3ccc(F)cc3)C2)c1. The molecule has 158 valence electrons. The van der Waals surface area contributed by atoms with E-state index in [0.29, 0.717) is 0 Å². The van der Waals surface area contributed by atoms with Gasteiger partial charge in [-0.15, -0.1) is 0 Å². The Kier molecular flexibility index (Phi) is 5.68. The standard InChI is InChI=1S/C21H21F2N3O3S/c1-25-12-21(24-14-25)30(27,28)26-10-19(16-4-8-18(23)9-5-16)20(11-26)29-13-15-2-6-17(22)7-3-15/h2-9,12,14,19-20H,10-11,13H2,1H3/t19-,20+/m0/s1. The number of benzene rings is 2. The van der Waals surface area contributed by atoms with Gasteiger partial charge in [-0.2, -0.15) is 4.31 Å². The molecule has 1 aromatic heterocycles. The van der Waals surface area contributed by atoms with Crippen LogP contribution in [0.15, 0.2) is 66.1 Å². The molecule has 9 heteroatoms. The molecule has 1 aliphatic heterocycles. The second-order valence-corrected chi connectivity index (χ2v) is 9.22. The van der Waals surface area contributed by atoms with E-state index in [2.05, 4.69) is 4.98 Å². The lowest BCUT2D eigenvalue weighted by Crippen LogP contribution is -2.30. The largest absolute Gasteiger partial charge is 0.371 e. The van der Waals surface area contributed by atoms with Crippen LogP contribution in [0.5, 0.6) is 0 Å². The zero-order valence-electron chi connectivity index (χ0n) is 16.3. The molecule has 0 unspecified atom stereocenters. The van der Waals surface area contributed by atoms with E-state index in [4.69, 9.17) is 4.74 Å². The highest BCUT2D eigenvalue weighted by Gasteiger charge is 2.41. The number of rotatable bonds is 6. The molecular weight excluding hydrogens is 412 g/mol. The van der Waals surface area contributed by atoms with Crippen LogP contribution in [0.4, 0.5) is 8.78 Å². The minimum atomic E-state index is -3.79. The maximum atomic E-state index is 13.4. The van der Waals surface area contributed by atoms with Gasteiger partial charge in [0.15, 0.2) is 5.03 Å². The van der Waals surface area contributed by atoms with Crippen LogP contribution in [-0.4, -0.2) is 41.5 Å². The van der Waals surface area contributed by atoms with Crippen LogP contribution >= 0.6 is 0 Å². The molecule has 0 bridgehead atoms. The third-order valence-electron chi connectivity index (χ3n) is 5.19. The molecule has 0 radical (unpaired) electrons. The van der Waals surface area contributed by atoms with E-state index in [-0.39, 0.29) is 42.3 Å². The predicted molar refractivity (Wildman–Crippen MR) is 106 cm³/mol. The van der Waals surface area contributed by atoms with E-state index in [1.54, 1.807) is 35.9 Å². The monoisotopic (exact) mass is 433 g/mol. The summed E-state index contributed by atoms with van der Waals surface area (Å²) in [6, 6.07) is 11.9. The van der Waals surface area contributed by atoms with Crippen LogP contribution in [0.3, 0.4) is 0 Å². The summed E-state index contributed by atoms with van der Waals surface area (Å²) in [6.45, 7) is 0.543. The van der Waals surface area contributed by atoms with Gasteiger partial charge in [0.05, 0.1) is 19.0 Å². The molecule has 0 amide bonds. The summed E-state index contributed by atoms with van der Waals surface area (Å²) in [4.78, 5) is 3.98. The Labute approximate surface area is 173 Å². The number of aryl methyl sites for hydroxylation is 1. The molecule has 1 aliphatic rings. The quantitative estimate of drug-likeness (QED) is 0.599. The van der Waals surface area contributed by atoms with Gasteiger partial charge < -0.3 is 9.30 Å². The number of aromatic nitrogens is 2. The van der Waals surface area contributed by atoms with E-state index >= 15 is 0 Å². The van der Waals surface area contributed by atoms with Crippen LogP contribution < -0.4 is 0 Å². The molecule has 6 nitrogen and oxygen atoms in total. The van der Waals surface area contributed by atoms with Gasteiger partial charge in [0.1, 0.15) is 11.6 Å². The second-order valence-electron chi connectivity index (χ2n) is 7.33. The summed E-state index contributed by atoms with van der Waals surface area (Å²) >= 11 is 0. The highest BCUT2D eigenvalue weighted by Crippen LogP contribution is 2.33. The van der Waals surface area contributed by atoms with Crippen LogP contribution in [-0.2, 0) is 28.4 Å². The molecule has 0 saturated carbocycles. The van der Waals surface area contributed by atoms with Crippen molar-refractivity contribution in [1.82, 2.24) is 13.9 Å². The van der Waals surface area contributed by atoms with Crippen molar-refractivity contribution >= 4 is 10.0 Å². The van der Waals surface area contributed by atoms with Gasteiger partial charge in [0.2, 0.25) is 0 Å². The summed E-state index contributed by atoms with van der Waals surface area (Å²) in [7, 11) is -2.09. The highest BCUT2D eigenvalue weighted by atomic mass is 32.2. The molecule has 0 N–H and O–H groups in total. The van der Waals surface area contributed by atoms with Crippen molar-refractivity contribution < 1.29 is 21.9 Å². The molecule has 2 aromatic carbocycles. The van der Waals surface area contributed by atoms with Gasteiger partial charge in [-0.3, -0.25) is 0 Å². The van der Waals surface area contributed by atoms with Gasteiger partial charge in [0.25, 0.3) is 10.0 Å². The molecule has 4 rings (SSSR count). The first-order valence-corrected chi connectivity index (χ1v) is 10.9. The summed E-state index contributed by atoms with van der Waals surface area (Å²) in [5.41, 5.74) is 1.57. The van der Waals surface area contributed by atoms with Crippen molar-refractivity contribution in [3.05, 3.63) is 83.8 Å². The molecule has 1 saturated heterocycles. The first kappa shape index (κ1) is 20.6. The van der Waals surface area contributed by atoms with Crippen LogP contribution in [0.25, 0.3) is 0 Å². The maximum Gasteiger partial charge on any atom is 0.262 e. The fraction of sp³-hybridized carbons (Fsp3) is 0.286. The van der Waals surface area contributed by atoms with Gasteiger partial charge in [-0.05, 0) is 35.4 Å². The third-order valence-corrected chi connectivity index (χ3v) is 6.91. The lowest BCUT2D eigenvalue weighted by molar-refractivity contribution is 0.0407. The van der Waals surface area contributed by atoms with Crippen molar-refractivity contribution in [3.63, 3.8) is 0 Å². The summed E-state index contributed by atoms with van der Waals surface area (Å²) < 4.78 is 61.5. The number of hydrogen-bond acceptors (Lipinski definition) is 4. The van der Waals surface area contributed by atoms with Crippen molar-refractivity contribution in [1.29, 1.82) is 0 Å². The number of nitrogens with zero attached hydrogens (tertiary/aromatic N) is 3. The first-order chi connectivity index (χ1) is 14.3. The van der Waals surface area contributed by atoms with E-state index in [1.165, 1.54) is 41.1 Å². The number of halogens is 2. The molecule has 3 aromatic rings. The predicted octanol–water partition coefficient (Wildman–Crippen LogP) is 3.07. The number of sulfonamides is 1. The Hall–Kier alpha value is -2.62. The molecule has 30 heavy (non-hydrogen) atoms. The van der Waals surface area contributed by atoms with Crippen molar-refractivity contribution in [3.8, 4) is 0 Å². The Bertz CT molecular complexity index is 1120. The third kappa shape index (κ3) is 4.28. The molecule has 2 heterocycles. The molecule has 0 spiro atoms. The number of hydrogen-bond donors (Lipinski definition) is 0. The maximum absolute atomic E-state index is 13.4. The van der Waals surface area contributed by atoms with E-state index in [1.807, 2.05) is 0 Å². The molecule has 0 aliphatic carbocycles. The zero-order chi connectivity index (χ0) is 21.3. The zero-order valence-corrected chi connectivity index (χ0v) is 17.1. The molecule has 1 fully saturated rings. The van der Waals surface area contributed by atoms with Gasteiger partial charge in [-0.25, -0.2) is 22.2 Å². The second kappa shape index (κ2) is 8.25. The first-order valence-electron chi connectivity index (χ1n) is 9.42. The smallest absolute Gasteiger partial charge is 0.262 e. The Morgan fingerprint density at radius 3 is 2.27 bits per heavy atom. The summed E-state index contributed by atoms with van der Waals surface area (Å²) in [6.07, 6.45) is 2.44. The minimum absolute atomic E-state index is 0.0259. The summed E-state index contributed by atoms with van der Waals surface area (Å²) in [5, 5.41) is -0.0259. The highest BCUT2D eigenvalue weighted by molar-refractivity contribution is 7.89. The minimum Gasteiger partial charge on any atom is -0.371 e. The molecule has 2 atom stereocenters. The van der Waals surface area contributed by atoms with Gasteiger partial charge in [-0.1, -0.05) is 24.3 Å². The summed E-state index contributed by atoms with van der Waals surface area (Å²) in [5.74, 6) is -0.973. The van der Waals surface area contributed by atoms with Crippen molar-refractivity contribution in [2.75, 3.05) is 13.1 Å². The Morgan fingerprint density at radius 2 is 1.67 bits per heavy atom. The van der Waals surface area contributed by atoms with Crippen LogP contribution in [0.2, 0.25) is 0 Å². The average molecular weight is 433 g/mol. The van der Waals surface area contributed by atoms with E-state index in [0.717, 1.165) is 11.1 Å². The lowest BCUT2D eigenvalue weighted by atomic mass is 9.96. The lowest BCUT2D eigenvalue weighted by Gasteiger charge is -2.19. The van der Waals surface area contributed by atoms with E-state index in [9.17, 15) is 17.2 Å². The number of ether oxygens (including phenoxy) is 1. The topological polar surface area (TPSA) is 64.4 Å². The van der Waals surface area contributed by atoms with Crippen molar-refractivity contribution in [2.45, 2.75) is 23.7 Å². The van der Waals surface area contributed by atoms with Crippen molar-refractivity contribution in [2.24, 2.45) is 7.05 Å². The van der Waals surface area contributed by atoms with E-state index < -0.39 is 16.1 Å². The van der Waals surface area contributed by atoms with Crippen LogP contribution in [0, 0.1) is 11.6 Å².